The number of carbonyl (C=O) groups is 1. The lowest BCUT2D eigenvalue weighted by atomic mass is 10.1. The number of nitrogens with zero attached hydrogens (tertiary/aromatic N) is 5. The van der Waals surface area contributed by atoms with Crippen LogP contribution in [0.1, 0.15) is 18.1 Å². The van der Waals surface area contributed by atoms with E-state index in [1.165, 1.54) is 0 Å². The van der Waals surface area contributed by atoms with Gasteiger partial charge in [0.05, 0.1) is 12.6 Å². The molecule has 3 heterocycles. The van der Waals surface area contributed by atoms with Crippen molar-refractivity contribution in [3.63, 3.8) is 0 Å². The van der Waals surface area contributed by atoms with E-state index in [1.807, 2.05) is 16.8 Å². The Morgan fingerprint density at radius 1 is 1.28 bits per heavy atom. The standard InChI is InChI=1S/C16H17N7O2/c1-10-21-22-15(25-10)11-2-4-12(5-3-11)19-16(24)20-13-6-7-14-17-9-18-23(14)8-13/h2-5,9,13H,6-8H2,1H3,(H2,19,20,24). The summed E-state index contributed by atoms with van der Waals surface area (Å²) in [6.07, 6.45) is 3.20. The van der Waals surface area contributed by atoms with Crippen molar-refractivity contribution >= 4 is 11.7 Å². The van der Waals surface area contributed by atoms with Crippen LogP contribution in [0.2, 0.25) is 0 Å². The average molecular weight is 339 g/mol. The molecule has 0 saturated carbocycles. The lowest BCUT2D eigenvalue weighted by Gasteiger charge is -2.23. The molecule has 1 unspecified atom stereocenters. The number of nitrogens with one attached hydrogen (secondary N) is 2. The predicted molar refractivity (Wildman–Crippen MR) is 88.8 cm³/mol. The Labute approximate surface area is 143 Å². The maximum absolute atomic E-state index is 12.2. The Kier molecular flexibility index (Phi) is 3.88. The van der Waals surface area contributed by atoms with Crippen LogP contribution in [0.25, 0.3) is 11.5 Å². The van der Waals surface area contributed by atoms with Gasteiger partial charge in [-0.15, -0.1) is 10.2 Å². The number of aromatic nitrogens is 5. The van der Waals surface area contributed by atoms with E-state index in [4.69, 9.17) is 4.42 Å². The Morgan fingerprint density at radius 3 is 2.88 bits per heavy atom. The summed E-state index contributed by atoms with van der Waals surface area (Å²) in [5.74, 6) is 1.93. The first-order valence-electron chi connectivity index (χ1n) is 8.02. The molecule has 0 fully saturated rings. The number of fused-ring (bicyclic) bond motifs is 1. The van der Waals surface area contributed by atoms with Crippen molar-refractivity contribution in [2.75, 3.05) is 5.32 Å². The minimum Gasteiger partial charge on any atom is -0.421 e. The third kappa shape index (κ3) is 3.35. The third-order valence-electron chi connectivity index (χ3n) is 4.06. The van der Waals surface area contributed by atoms with Crippen molar-refractivity contribution in [3.05, 3.63) is 42.3 Å². The molecule has 2 amide bonds. The molecule has 0 saturated heterocycles. The number of hydrogen-bond donors (Lipinski definition) is 2. The lowest BCUT2D eigenvalue weighted by Crippen LogP contribution is -2.43. The van der Waals surface area contributed by atoms with Gasteiger partial charge >= 0.3 is 6.03 Å². The Morgan fingerprint density at radius 2 is 2.12 bits per heavy atom. The van der Waals surface area contributed by atoms with Gasteiger partial charge in [-0.05, 0) is 30.7 Å². The maximum atomic E-state index is 12.2. The quantitative estimate of drug-likeness (QED) is 0.752. The van der Waals surface area contributed by atoms with Crippen molar-refractivity contribution < 1.29 is 9.21 Å². The maximum Gasteiger partial charge on any atom is 0.319 e. The molecule has 2 N–H and O–H groups in total. The van der Waals surface area contributed by atoms with Crippen LogP contribution in [-0.2, 0) is 13.0 Å². The van der Waals surface area contributed by atoms with Gasteiger partial charge in [0.15, 0.2) is 0 Å². The highest BCUT2D eigenvalue weighted by Crippen LogP contribution is 2.20. The highest BCUT2D eigenvalue weighted by molar-refractivity contribution is 5.89. The van der Waals surface area contributed by atoms with E-state index in [-0.39, 0.29) is 12.1 Å². The molecule has 2 aromatic heterocycles. The summed E-state index contributed by atoms with van der Waals surface area (Å²) < 4.78 is 7.21. The molecule has 9 nitrogen and oxygen atoms in total. The van der Waals surface area contributed by atoms with Crippen molar-refractivity contribution in [3.8, 4) is 11.5 Å². The van der Waals surface area contributed by atoms with Gasteiger partial charge < -0.3 is 15.1 Å². The third-order valence-corrected chi connectivity index (χ3v) is 4.06. The molecule has 9 heteroatoms. The second-order valence-electron chi connectivity index (χ2n) is 5.90. The summed E-state index contributed by atoms with van der Waals surface area (Å²) >= 11 is 0. The summed E-state index contributed by atoms with van der Waals surface area (Å²) in [4.78, 5) is 16.4. The fourth-order valence-corrected chi connectivity index (χ4v) is 2.82. The van der Waals surface area contributed by atoms with E-state index >= 15 is 0 Å². The summed E-state index contributed by atoms with van der Waals surface area (Å²) in [6.45, 7) is 2.38. The number of amides is 2. The van der Waals surface area contributed by atoms with Crippen LogP contribution in [-0.4, -0.2) is 37.0 Å². The zero-order valence-electron chi connectivity index (χ0n) is 13.6. The molecule has 0 spiro atoms. The summed E-state index contributed by atoms with van der Waals surface area (Å²) in [6, 6.07) is 7.04. The fraction of sp³-hybridized carbons (Fsp3) is 0.312. The first-order chi connectivity index (χ1) is 12.2. The summed E-state index contributed by atoms with van der Waals surface area (Å²) in [5.41, 5.74) is 1.49. The van der Waals surface area contributed by atoms with Crippen molar-refractivity contribution in [1.29, 1.82) is 0 Å². The van der Waals surface area contributed by atoms with E-state index in [1.54, 1.807) is 25.4 Å². The molecule has 4 rings (SSSR count). The summed E-state index contributed by atoms with van der Waals surface area (Å²) in [7, 11) is 0. The zero-order chi connectivity index (χ0) is 17.2. The van der Waals surface area contributed by atoms with Gasteiger partial charge in [-0.25, -0.2) is 14.5 Å². The molecule has 1 aliphatic rings. The smallest absolute Gasteiger partial charge is 0.319 e. The second-order valence-corrected chi connectivity index (χ2v) is 5.90. The van der Waals surface area contributed by atoms with Gasteiger partial charge in [-0.2, -0.15) is 5.10 Å². The van der Waals surface area contributed by atoms with Crippen LogP contribution >= 0.6 is 0 Å². The van der Waals surface area contributed by atoms with E-state index in [9.17, 15) is 4.79 Å². The molecule has 1 atom stereocenters. The van der Waals surface area contributed by atoms with Crippen LogP contribution in [0.5, 0.6) is 0 Å². The lowest BCUT2D eigenvalue weighted by molar-refractivity contribution is 0.243. The number of anilines is 1. The van der Waals surface area contributed by atoms with Crippen molar-refractivity contribution in [2.45, 2.75) is 32.4 Å². The molecule has 3 aromatic rings. The zero-order valence-corrected chi connectivity index (χ0v) is 13.6. The average Bonchev–Trinajstić information content (AvgIpc) is 3.24. The SMILES string of the molecule is Cc1nnc(-c2ccc(NC(=O)NC3CCc4ncnn4C3)cc2)o1. The molecule has 0 bridgehead atoms. The molecular weight excluding hydrogens is 322 g/mol. The van der Waals surface area contributed by atoms with Gasteiger partial charge in [0, 0.05) is 24.6 Å². The number of aryl methyl sites for hydroxylation is 2. The highest BCUT2D eigenvalue weighted by atomic mass is 16.4. The van der Waals surface area contributed by atoms with E-state index in [0.29, 0.717) is 24.0 Å². The van der Waals surface area contributed by atoms with Gasteiger partial charge in [0.1, 0.15) is 12.2 Å². The van der Waals surface area contributed by atoms with Crippen LogP contribution < -0.4 is 10.6 Å². The topological polar surface area (TPSA) is 111 Å². The van der Waals surface area contributed by atoms with Crippen molar-refractivity contribution in [1.82, 2.24) is 30.3 Å². The molecule has 25 heavy (non-hydrogen) atoms. The van der Waals surface area contributed by atoms with Gasteiger partial charge in [-0.1, -0.05) is 0 Å². The number of urea groups is 1. The number of hydrogen-bond acceptors (Lipinski definition) is 6. The Hall–Kier alpha value is -3.23. The van der Waals surface area contributed by atoms with E-state index in [2.05, 4.69) is 30.9 Å². The van der Waals surface area contributed by atoms with E-state index < -0.39 is 0 Å². The Balaban J connectivity index is 1.35. The van der Waals surface area contributed by atoms with Crippen LogP contribution in [0.3, 0.4) is 0 Å². The highest BCUT2D eigenvalue weighted by Gasteiger charge is 2.21. The first-order valence-corrected chi connectivity index (χ1v) is 8.02. The first kappa shape index (κ1) is 15.3. The van der Waals surface area contributed by atoms with Crippen LogP contribution in [0.15, 0.2) is 35.0 Å². The monoisotopic (exact) mass is 339 g/mol. The predicted octanol–water partition coefficient (Wildman–Crippen LogP) is 1.77. The Bertz CT molecular complexity index is 884. The van der Waals surface area contributed by atoms with Gasteiger partial charge in [-0.3, -0.25) is 0 Å². The molecule has 128 valence electrons. The van der Waals surface area contributed by atoms with Crippen molar-refractivity contribution in [2.24, 2.45) is 0 Å². The van der Waals surface area contributed by atoms with Gasteiger partial charge in [0.2, 0.25) is 11.8 Å². The van der Waals surface area contributed by atoms with Gasteiger partial charge in [0.25, 0.3) is 0 Å². The molecule has 1 aromatic carbocycles. The minimum absolute atomic E-state index is 0.0369. The normalized spacial score (nSPS) is 16.3. The van der Waals surface area contributed by atoms with E-state index in [0.717, 1.165) is 24.2 Å². The number of rotatable bonds is 3. The minimum atomic E-state index is -0.241. The fourth-order valence-electron chi connectivity index (χ4n) is 2.82. The molecule has 0 aliphatic carbocycles. The number of benzene rings is 1. The van der Waals surface area contributed by atoms with Crippen LogP contribution in [0, 0.1) is 6.92 Å². The molecule has 0 radical (unpaired) electrons. The number of carbonyl (C=O) groups excluding carboxylic acids is 1. The molecule has 1 aliphatic heterocycles. The molecular formula is C16H17N7O2. The second kappa shape index (κ2) is 6.34. The van der Waals surface area contributed by atoms with Crippen LogP contribution in [0.4, 0.5) is 10.5 Å². The largest absolute Gasteiger partial charge is 0.421 e. The summed E-state index contributed by atoms with van der Waals surface area (Å²) in [5, 5.41) is 17.7.